The molecule has 4 heteroatoms. The topological polar surface area (TPSA) is 37.3 Å². The fraction of sp³-hybridized carbons (Fsp3) is 0.300. The summed E-state index contributed by atoms with van der Waals surface area (Å²) in [5.74, 6) is -1.34. The second-order valence-electron chi connectivity index (χ2n) is 3.28. The SMILES string of the molecule is CC(C)C(=O)c1ccc(F)c(Br)c1O. The summed E-state index contributed by atoms with van der Waals surface area (Å²) in [5.41, 5.74) is 0.147. The predicted octanol–water partition coefficient (Wildman–Crippen LogP) is 3.13. The maximum absolute atomic E-state index is 12.9. The highest BCUT2D eigenvalue weighted by Crippen LogP contribution is 2.31. The summed E-state index contributed by atoms with van der Waals surface area (Å²) >= 11 is 2.87. The van der Waals surface area contributed by atoms with Gasteiger partial charge in [0.15, 0.2) is 5.78 Å². The molecule has 1 aromatic rings. The van der Waals surface area contributed by atoms with E-state index in [0.717, 1.165) is 6.07 Å². The number of hydrogen-bond donors (Lipinski definition) is 1. The molecule has 0 radical (unpaired) electrons. The van der Waals surface area contributed by atoms with Crippen LogP contribution in [0.2, 0.25) is 0 Å². The van der Waals surface area contributed by atoms with Gasteiger partial charge in [-0.05, 0) is 28.1 Å². The van der Waals surface area contributed by atoms with Crippen LogP contribution in [0.5, 0.6) is 5.75 Å². The van der Waals surface area contributed by atoms with Crippen molar-refractivity contribution in [1.82, 2.24) is 0 Å². The lowest BCUT2D eigenvalue weighted by molar-refractivity contribution is 0.0936. The summed E-state index contributed by atoms with van der Waals surface area (Å²) in [6.45, 7) is 3.44. The number of phenolic OH excluding ortho intramolecular Hbond substituents is 1. The van der Waals surface area contributed by atoms with Crippen LogP contribution in [0.4, 0.5) is 4.39 Å². The Balaban J connectivity index is 3.24. The minimum absolute atomic E-state index is 0.0657. The molecule has 0 fully saturated rings. The highest BCUT2D eigenvalue weighted by Gasteiger charge is 2.18. The van der Waals surface area contributed by atoms with E-state index >= 15 is 0 Å². The second-order valence-corrected chi connectivity index (χ2v) is 4.07. The van der Waals surface area contributed by atoms with Crippen LogP contribution in [-0.4, -0.2) is 10.9 Å². The van der Waals surface area contributed by atoms with E-state index in [9.17, 15) is 14.3 Å². The number of carbonyl (C=O) groups excluding carboxylic acids is 1. The van der Waals surface area contributed by atoms with Gasteiger partial charge >= 0.3 is 0 Å². The first-order valence-corrected chi connectivity index (χ1v) is 4.95. The van der Waals surface area contributed by atoms with Crippen molar-refractivity contribution in [1.29, 1.82) is 0 Å². The van der Waals surface area contributed by atoms with Crippen LogP contribution in [0.1, 0.15) is 24.2 Å². The average molecular weight is 261 g/mol. The molecule has 0 aliphatic heterocycles. The monoisotopic (exact) mass is 260 g/mol. The van der Waals surface area contributed by atoms with E-state index in [4.69, 9.17) is 0 Å². The van der Waals surface area contributed by atoms with E-state index in [2.05, 4.69) is 15.9 Å². The van der Waals surface area contributed by atoms with Crippen LogP contribution >= 0.6 is 15.9 Å². The molecular weight excluding hydrogens is 251 g/mol. The minimum atomic E-state index is -0.581. The van der Waals surface area contributed by atoms with Gasteiger partial charge < -0.3 is 5.11 Å². The third kappa shape index (κ3) is 1.95. The van der Waals surface area contributed by atoms with Crippen molar-refractivity contribution in [2.45, 2.75) is 13.8 Å². The van der Waals surface area contributed by atoms with E-state index < -0.39 is 5.82 Å². The zero-order valence-electron chi connectivity index (χ0n) is 7.84. The van der Waals surface area contributed by atoms with Crippen LogP contribution in [0.25, 0.3) is 0 Å². The van der Waals surface area contributed by atoms with Crippen LogP contribution in [0, 0.1) is 11.7 Å². The summed E-state index contributed by atoms with van der Waals surface area (Å²) in [4.78, 5) is 11.5. The Bertz CT molecular complexity index is 375. The first kappa shape index (κ1) is 11.2. The summed E-state index contributed by atoms with van der Waals surface area (Å²) in [5, 5.41) is 9.49. The number of benzene rings is 1. The molecule has 0 spiro atoms. The first-order valence-electron chi connectivity index (χ1n) is 4.16. The van der Waals surface area contributed by atoms with Gasteiger partial charge in [-0.15, -0.1) is 0 Å². The Morgan fingerprint density at radius 2 is 2.07 bits per heavy atom. The van der Waals surface area contributed by atoms with E-state index in [1.807, 2.05) is 0 Å². The highest BCUT2D eigenvalue weighted by atomic mass is 79.9. The summed E-state index contributed by atoms with van der Waals surface area (Å²) < 4.78 is 12.8. The molecule has 0 aromatic heterocycles. The van der Waals surface area contributed by atoms with Gasteiger partial charge in [0, 0.05) is 5.92 Å². The van der Waals surface area contributed by atoms with E-state index in [1.165, 1.54) is 6.07 Å². The number of halogens is 2. The van der Waals surface area contributed by atoms with E-state index in [-0.39, 0.29) is 27.5 Å². The van der Waals surface area contributed by atoms with Crippen molar-refractivity contribution >= 4 is 21.7 Å². The van der Waals surface area contributed by atoms with Gasteiger partial charge in [0.25, 0.3) is 0 Å². The van der Waals surface area contributed by atoms with E-state index in [1.54, 1.807) is 13.8 Å². The number of carbonyl (C=O) groups is 1. The quantitative estimate of drug-likeness (QED) is 0.830. The number of phenols is 1. The fourth-order valence-corrected chi connectivity index (χ4v) is 1.40. The van der Waals surface area contributed by atoms with Crippen molar-refractivity contribution in [3.63, 3.8) is 0 Å². The van der Waals surface area contributed by atoms with Crippen molar-refractivity contribution in [2.75, 3.05) is 0 Å². The van der Waals surface area contributed by atoms with Gasteiger partial charge in [0.05, 0.1) is 10.0 Å². The molecule has 1 aromatic carbocycles. The molecule has 0 atom stereocenters. The van der Waals surface area contributed by atoms with Crippen LogP contribution in [0.3, 0.4) is 0 Å². The van der Waals surface area contributed by atoms with Crippen molar-refractivity contribution < 1.29 is 14.3 Å². The number of ketones is 1. The molecule has 14 heavy (non-hydrogen) atoms. The predicted molar refractivity (Wildman–Crippen MR) is 54.9 cm³/mol. The Morgan fingerprint density at radius 3 is 2.57 bits per heavy atom. The second kappa shape index (κ2) is 4.09. The molecule has 0 unspecified atom stereocenters. The summed E-state index contributed by atoms with van der Waals surface area (Å²) in [6, 6.07) is 2.44. The largest absolute Gasteiger partial charge is 0.506 e. The third-order valence-corrected chi connectivity index (χ3v) is 2.61. The van der Waals surface area contributed by atoms with E-state index in [0.29, 0.717) is 0 Å². The van der Waals surface area contributed by atoms with Gasteiger partial charge in [-0.1, -0.05) is 13.8 Å². The Morgan fingerprint density at radius 1 is 1.50 bits per heavy atom. The van der Waals surface area contributed by atoms with Crippen molar-refractivity contribution in [3.8, 4) is 5.75 Å². The molecule has 0 saturated carbocycles. The summed E-state index contributed by atoms with van der Waals surface area (Å²) in [6.07, 6.45) is 0. The van der Waals surface area contributed by atoms with Gasteiger partial charge in [-0.2, -0.15) is 0 Å². The van der Waals surface area contributed by atoms with Crippen LogP contribution in [-0.2, 0) is 0 Å². The lowest BCUT2D eigenvalue weighted by atomic mass is 10.0. The average Bonchev–Trinajstić information content (AvgIpc) is 2.13. The molecule has 1 rings (SSSR count). The normalized spacial score (nSPS) is 10.6. The van der Waals surface area contributed by atoms with Gasteiger partial charge in [-0.25, -0.2) is 4.39 Å². The van der Waals surface area contributed by atoms with Crippen LogP contribution < -0.4 is 0 Å². The number of hydrogen-bond acceptors (Lipinski definition) is 2. The maximum Gasteiger partial charge on any atom is 0.169 e. The Kier molecular flexibility index (Phi) is 3.26. The van der Waals surface area contributed by atoms with Crippen molar-refractivity contribution in [2.24, 2.45) is 5.92 Å². The minimum Gasteiger partial charge on any atom is -0.506 e. The molecule has 0 heterocycles. The molecule has 0 aliphatic rings. The highest BCUT2D eigenvalue weighted by molar-refractivity contribution is 9.10. The standard InChI is InChI=1S/C10H10BrFO2/c1-5(2)9(13)6-3-4-7(12)8(11)10(6)14/h3-5,14H,1-2H3. The Hall–Kier alpha value is -0.900. The van der Waals surface area contributed by atoms with Crippen molar-refractivity contribution in [3.05, 3.63) is 28.0 Å². The zero-order valence-corrected chi connectivity index (χ0v) is 9.43. The third-order valence-electron chi connectivity index (χ3n) is 1.86. The molecule has 1 N–H and O–H groups in total. The number of aromatic hydroxyl groups is 1. The smallest absolute Gasteiger partial charge is 0.169 e. The molecule has 0 amide bonds. The van der Waals surface area contributed by atoms with Gasteiger partial charge in [0.1, 0.15) is 11.6 Å². The molecule has 0 bridgehead atoms. The van der Waals surface area contributed by atoms with Gasteiger partial charge in [-0.3, -0.25) is 4.79 Å². The molecule has 2 nitrogen and oxygen atoms in total. The number of Topliss-reactive ketones (excluding diaryl/α,β-unsaturated/α-hetero) is 1. The maximum atomic E-state index is 12.9. The van der Waals surface area contributed by atoms with Gasteiger partial charge in [0.2, 0.25) is 0 Å². The Labute approximate surface area is 89.9 Å². The zero-order chi connectivity index (χ0) is 10.9. The molecular formula is C10H10BrFO2. The lowest BCUT2D eigenvalue weighted by Crippen LogP contribution is -2.08. The molecule has 0 aliphatic carbocycles. The van der Waals surface area contributed by atoms with Crippen LogP contribution in [0.15, 0.2) is 16.6 Å². The number of rotatable bonds is 2. The fourth-order valence-electron chi connectivity index (χ4n) is 1.05. The first-order chi connectivity index (χ1) is 6.45. The molecule has 0 saturated heterocycles. The lowest BCUT2D eigenvalue weighted by Gasteiger charge is -2.08. The molecule has 76 valence electrons. The summed E-state index contributed by atoms with van der Waals surface area (Å²) in [7, 11) is 0.